The van der Waals surface area contributed by atoms with Crippen LogP contribution in [0.15, 0.2) is 35.5 Å². The Bertz CT molecular complexity index is 834. The van der Waals surface area contributed by atoms with Gasteiger partial charge in [-0.1, -0.05) is 50.1 Å². The molecule has 4 aliphatic carbocycles. The van der Waals surface area contributed by atoms with Crippen LogP contribution < -0.4 is 0 Å². The fourth-order valence-corrected chi connectivity index (χ4v) is 7.62. The summed E-state index contributed by atoms with van der Waals surface area (Å²) in [5.74, 6) is 1.54. The standard InChI is InChI=1S/C28H43FO3/c1-17(11-14-27(5,29)25(2,3)32)21-9-10-22-20-8-7-18-15-19(30)16-24(31)28(18,6)23(20)12-13-26(21,22)4/h7-8,11,14,17,19,21-24,30-32H,9-10,12-13,15-16H2,1-6H3/t17-,19-,21-,22+,23+,24+,26-,27-,28+/m1/s1. The summed E-state index contributed by atoms with van der Waals surface area (Å²) in [4.78, 5) is 0. The van der Waals surface area contributed by atoms with Crippen LogP contribution in [0.1, 0.15) is 80.1 Å². The summed E-state index contributed by atoms with van der Waals surface area (Å²) < 4.78 is 15.0. The molecule has 0 aromatic heterocycles. The Morgan fingerprint density at radius 3 is 2.44 bits per heavy atom. The van der Waals surface area contributed by atoms with Gasteiger partial charge in [0.05, 0.1) is 17.8 Å². The van der Waals surface area contributed by atoms with Gasteiger partial charge in [-0.05, 0) is 88.0 Å². The summed E-state index contributed by atoms with van der Waals surface area (Å²) >= 11 is 0. The minimum absolute atomic E-state index is 0.161. The molecule has 0 heterocycles. The van der Waals surface area contributed by atoms with E-state index in [2.05, 4.69) is 32.9 Å². The molecule has 0 unspecified atom stereocenters. The third-order valence-electron chi connectivity index (χ3n) is 10.3. The van der Waals surface area contributed by atoms with Crippen LogP contribution in [-0.2, 0) is 0 Å². The second-order valence-corrected chi connectivity index (χ2v) is 12.4. The number of halogens is 1. The smallest absolute Gasteiger partial charge is 0.154 e. The van der Waals surface area contributed by atoms with Crippen molar-refractivity contribution in [3.05, 3.63) is 35.5 Å². The third-order valence-corrected chi connectivity index (χ3v) is 10.3. The van der Waals surface area contributed by atoms with Gasteiger partial charge >= 0.3 is 0 Å². The van der Waals surface area contributed by atoms with E-state index in [4.69, 9.17) is 0 Å². The van der Waals surface area contributed by atoms with Gasteiger partial charge in [0.1, 0.15) is 0 Å². The first-order valence-electron chi connectivity index (χ1n) is 12.6. The molecule has 0 aromatic rings. The molecule has 4 heteroatoms. The molecule has 4 rings (SSSR count). The number of aliphatic hydroxyl groups is 3. The maximum atomic E-state index is 15.0. The number of hydrogen-bond acceptors (Lipinski definition) is 3. The molecular weight excluding hydrogens is 403 g/mol. The Morgan fingerprint density at radius 2 is 1.78 bits per heavy atom. The van der Waals surface area contributed by atoms with Crippen molar-refractivity contribution >= 4 is 0 Å². The van der Waals surface area contributed by atoms with Gasteiger partial charge in [-0.3, -0.25) is 0 Å². The Kier molecular flexibility index (Phi) is 5.88. The average Bonchev–Trinajstić information content (AvgIpc) is 3.04. The highest BCUT2D eigenvalue weighted by Crippen LogP contribution is 2.66. The summed E-state index contributed by atoms with van der Waals surface area (Å²) in [7, 11) is 0. The van der Waals surface area contributed by atoms with Crippen LogP contribution in [0.4, 0.5) is 4.39 Å². The highest BCUT2D eigenvalue weighted by atomic mass is 19.1. The summed E-state index contributed by atoms with van der Waals surface area (Å²) in [5.41, 5.74) is -0.580. The van der Waals surface area contributed by atoms with Gasteiger partial charge in [0.2, 0.25) is 0 Å². The molecule has 0 aliphatic heterocycles. The predicted molar refractivity (Wildman–Crippen MR) is 127 cm³/mol. The fraction of sp³-hybridized carbons (Fsp3) is 0.786. The number of hydrogen-bond donors (Lipinski definition) is 3. The molecular formula is C28H43FO3. The number of aliphatic hydroxyl groups excluding tert-OH is 2. The first kappa shape index (κ1) is 24.2. The predicted octanol–water partition coefficient (Wildman–Crippen LogP) is 5.51. The molecule has 3 nitrogen and oxygen atoms in total. The van der Waals surface area contributed by atoms with Crippen molar-refractivity contribution in [1.29, 1.82) is 0 Å². The summed E-state index contributed by atoms with van der Waals surface area (Å²) in [5, 5.41) is 31.4. The van der Waals surface area contributed by atoms with Crippen molar-refractivity contribution < 1.29 is 19.7 Å². The lowest BCUT2D eigenvalue weighted by Gasteiger charge is -2.56. The molecule has 3 fully saturated rings. The van der Waals surface area contributed by atoms with Crippen LogP contribution in [-0.4, -0.2) is 38.8 Å². The molecule has 9 atom stereocenters. The lowest BCUT2D eigenvalue weighted by atomic mass is 9.49. The molecule has 180 valence electrons. The zero-order valence-electron chi connectivity index (χ0n) is 20.7. The van der Waals surface area contributed by atoms with E-state index in [9.17, 15) is 19.7 Å². The lowest BCUT2D eigenvalue weighted by Crippen LogP contribution is -2.52. The maximum absolute atomic E-state index is 15.0. The van der Waals surface area contributed by atoms with Crippen LogP contribution >= 0.6 is 0 Å². The zero-order valence-corrected chi connectivity index (χ0v) is 20.7. The van der Waals surface area contributed by atoms with E-state index < -0.39 is 23.5 Å². The number of alkyl halides is 1. The monoisotopic (exact) mass is 446 g/mol. The van der Waals surface area contributed by atoms with E-state index in [0.717, 1.165) is 25.7 Å². The van der Waals surface area contributed by atoms with E-state index in [1.165, 1.54) is 31.9 Å². The van der Waals surface area contributed by atoms with Crippen molar-refractivity contribution in [3.63, 3.8) is 0 Å². The van der Waals surface area contributed by atoms with Gasteiger partial charge in [-0.2, -0.15) is 0 Å². The van der Waals surface area contributed by atoms with Crippen LogP contribution in [0.25, 0.3) is 0 Å². The molecule has 0 spiro atoms. The molecule has 0 bridgehead atoms. The minimum atomic E-state index is -1.76. The number of rotatable bonds is 4. The number of fused-ring (bicyclic) bond motifs is 5. The Labute approximate surface area is 193 Å². The Morgan fingerprint density at radius 1 is 1.09 bits per heavy atom. The highest BCUT2D eigenvalue weighted by molar-refractivity contribution is 5.40. The van der Waals surface area contributed by atoms with Gasteiger partial charge in [-0.25, -0.2) is 4.39 Å². The van der Waals surface area contributed by atoms with Crippen LogP contribution in [0.5, 0.6) is 0 Å². The van der Waals surface area contributed by atoms with Crippen LogP contribution in [0, 0.1) is 34.5 Å². The van der Waals surface area contributed by atoms with E-state index in [-0.39, 0.29) is 16.7 Å². The average molecular weight is 447 g/mol. The van der Waals surface area contributed by atoms with Crippen molar-refractivity contribution in [1.82, 2.24) is 0 Å². The summed E-state index contributed by atoms with van der Waals surface area (Å²) in [6.45, 7) is 11.3. The van der Waals surface area contributed by atoms with E-state index in [1.54, 1.807) is 6.08 Å². The van der Waals surface area contributed by atoms with Crippen molar-refractivity contribution in [2.75, 3.05) is 0 Å². The number of allylic oxidation sites excluding steroid dienone is 4. The van der Waals surface area contributed by atoms with Gasteiger partial charge in [0.15, 0.2) is 5.67 Å². The summed E-state index contributed by atoms with van der Waals surface area (Å²) in [6, 6.07) is 0. The lowest BCUT2D eigenvalue weighted by molar-refractivity contribution is -0.0538. The fourth-order valence-electron chi connectivity index (χ4n) is 7.62. The van der Waals surface area contributed by atoms with Crippen molar-refractivity contribution in [2.45, 2.75) is 104 Å². The van der Waals surface area contributed by atoms with E-state index in [0.29, 0.717) is 30.6 Å². The molecule has 3 saturated carbocycles. The molecule has 3 N–H and O–H groups in total. The van der Waals surface area contributed by atoms with Gasteiger partial charge in [0, 0.05) is 11.8 Å². The Hall–Kier alpha value is -0.970. The molecule has 4 aliphatic rings. The molecule has 0 aromatic carbocycles. The molecule has 0 radical (unpaired) electrons. The van der Waals surface area contributed by atoms with Gasteiger partial charge in [0.25, 0.3) is 0 Å². The molecule has 32 heavy (non-hydrogen) atoms. The minimum Gasteiger partial charge on any atom is -0.393 e. The zero-order chi connectivity index (χ0) is 23.7. The second-order valence-electron chi connectivity index (χ2n) is 12.4. The Balaban J connectivity index is 1.59. The van der Waals surface area contributed by atoms with Crippen LogP contribution in [0.2, 0.25) is 0 Å². The van der Waals surface area contributed by atoms with E-state index >= 15 is 0 Å². The van der Waals surface area contributed by atoms with Crippen LogP contribution in [0.3, 0.4) is 0 Å². The van der Waals surface area contributed by atoms with Gasteiger partial charge in [-0.15, -0.1) is 0 Å². The highest BCUT2D eigenvalue weighted by Gasteiger charge is 2.58. The normalized spacial score (nSPS) is 44.8. The SMILES string of the molecule is C[C@H](C=C[C@@](C)(F)C(C)(C)O)[C@H]1CC[C@H]2C3=CC=C4C[C@@H](O)C[C@H](O)[C@]4(C)[C@H]3CC[C@]12C. The topological polar surface area (TPSA) is 60.7 Å². The molecule has 0 amide bonds. The third kappa shape index (κ3) is 3.56. The second kappa shape index (κ2) is 7.78. The quantitative estimate of drug-likeness (QED) is 0.499. The summed E-state index contributed by atoms with van der Waals surface area (Å²) in [6.07, 6.45) is 12.7. The first-order valence-corrected chi connectivity index (χ1v) is 12.6. The molecule has 0 saturated heterocycles. The van der Waals surface area contributed by atoms with Gasteiger partial charge < -0.3 is 15.3 Å². The maximum Gasteiger partial charge on any atom is 0.154 e. The van der Waals surface area contributed by atoms with E-state index in [1.807, 2.05) is 6.08 Å². The van der Waals surface area contributed by atoms with Crippen molar-refractivity contribution in [2.24, 2.45) is 34.5 Å². The first-order chi connectivity index (χ1) is 14.7. The van der Waals surface area contributed by atoms with Crippen molar-refractivity contribution in [3.8, 4) is 0 Å². The largest absolute Gasteiger partial charge is 0.393 e.